The quantitative estimate of drug-likeness (QED) is 0.273. The summed E-state index contributed by atoms with van der Waals surface area (Å²) in [5, 5.41) is 3.83. The number of nitrogens with one attached hydrogen (secondary N) is 1. The lowest BCUT2D eigenvalue weighted by Crippen LogP contribution is -2.11. The first-order valence-electron chi connectivity index (χ1n) is 12.8. The van der Waals surface area contributed by atoms with Gasteiger partial charge in [-0.2, -0.15) is 0 Å². The fourth-order valence-corrected chi connectivity index (χ4v) is 4.85. The van der Waals surface area contributed by atoms with Crippen molar-refractivity contribution in [3.05, 3.63) is 160 Å². The van der Waals surface area contributed by atoms with Gasteiger partial charge in [-0.15, -0.1) is 0 Å². The molecule has 0 saturated heterocycles. The molecule has 0 heterocycles. The van der Waals surface area contributed by atoms with Gasteiger partial charge < -0.3 is 5.32 Å². The summed E-state index contributed by atoms with van der Waals surface area (Å²) >= 11 is 0. The number of hydrogen-bond acceptors (Lipinski definition) is 2. The predicted molar refractivity (Wildman–Crippen MR) is 159 cm³/mol. The zero-order valence-electron chi connectivity index (χ0n) is 21.9. The van der Waals surface area contributed by atoms with Gasteiger partial charge in [0, 0.05) is 22.4 Å². The molecule has 0 fully saturated rings. The molecule has 0 spiro atoms. The van der Waals surface area contributed by atoms with Crippen LogP contribution in [0.3, 0.4) is 0 Å². The lowest BCUT2D eigenvalue weighted by molar-refractivity contribution is 1.32. The van der Waals surface area contributed by atoms with E-state index >= 15 is 0 Å². The molecule has 0 aliphatic heterocycles. The molecule has 0 bridgehead atoms. The first-order chi connectivity index (χ1) is 18.0. The Balaban J connectivity index is 1.73. The van der Waals surface area contributed by atoms with Crippen LogP contribution in [0.1, 0.15) is 33.4 Å². The zero-order chi connectivity index (χ0) is 25.8. The molecule has 1 aliphatic rings. The maximum atomic E-state index is 5.32. The Labute approximate surface area is 220 Å². The van der Waals surface area contributed by atoms with Crippen LogP contribution < -0.4 is 5.32 Å². The van der Waals surface area contributed by atoms with Crippen molar-refractivity contribution >= 4 is 22.8 Å². The van der Waals surface area contributed by atoms with Gasteiger partial charge >= 0.3 is 0 Å². The Morgan fingerprint density at radius 2 is 1.14 bits per heavy atom. The van der Waals surface area contributed by atoms with Gasteiger partial charge in [0.1, 0.15) is 0 Å². The Hall–Kier alpha value is -4.43. The lowest BCUT2D eigenvalue weighted by atomic mass is 9.93. The number of allylic oxidation sites excluding steroid dienone is 5. The largest absolute Gasteiger partial charge is 0.354 e. The van der Waals surface area contributed by atoms with Crippen molar-refractivity contribution in [1.82, 2.24) is 0 Å². The highest BCUT2D eigenvalue weighted by molar-refractivity contribution is 6.19. The van der Waals surface area contributed by atoms with E-state index in [9.17, 15) is 0 Å². The third kappa shape index (κ3) is 5.10. The molecule has 182 valence electrons. The summed E-state index contributed by atoms with van der Waals surface area (Å²) in [7, 11) is 0. The third-order valence-electron chi connectivity index (χ3n) is 6.84. The summed E-state index contributed by atoms with van der Waals surface area (Å²) in [5.74, 6) is 0. The lowest BCUT2D eigenvalue weighted by Gasteiger charge is -2.21. The second-order valence-electron chi connectivity index (χ2n) is 9.55. The Bertz CT molecular complexity index is 1510. The highest BCUT2D eigenvalue weighted by atomic mass is 14.9. The second-order valence-corrected chi connectivity index (χ2v) is 9.55. The maximum absolute atomic E-state index is 5.32. The van der Waals surface area contributed by atoms with Crippen molar-refractivity contribution in [2.75, 3.05) is 5.32 Å². The van der Waals surface area contributed by atoms with Crippen molar-refractivity contribution in [3.63, 3.8) is 0 Å². The summed E-state index contributed by atoms with van der Waals surface area (Å²) in [6, 6.07) is 33.8. The number of aliphatic imine (C=N–C) groups is 1. The molecule has 0 radical (unpaired) electrons. The summed E-state index contributed by atoms with van der Waals surface area (Å²) in [5.41, 5.74) is 13.4. The van der Waals surface area contributed by atoms with E-state index in [0.717, 1.165) is 45.1 Å². The molecular formula is C35H32N2. The Morgan fingerprint density at radius 1 is 0.595 bits per heavy atom. The van der Waals surface area contributed by atoms with Crippen LogP contribution in [0.25, 0.3) is 5.70 Å². The van der Waals surface area contributed by atoms with Crippen molar-refractivity contribution in [3.8, 4) is 0 Å². The van der Waals surface area contributed by atoms with Crippen LogP contribution >= 0.6 is 0 Å². The van der Waals surface area contributed by atoms with Crippen molar-refractivity contribution < 1.29 is 0 Å². The fourth-order valence-electron chi connectivity index (χ4n) is 4.85. The number of nitrogens with zero attached hydrogens (tertiary/aromatic N) is 1. The van der Waals surface area contributed by atoms with Gasteiger partial charge in [0.05, 0.1) is 17.1 Å². The van der Waals surface area contributed by atoms with E-state index in [0.29, 0.717) is 0 Å². The predicted octanol–water partition coefficient (Wildman–Crippen LogP) is 9.06. The second kappa shape index (κ2) is 10.7. The highest BCUT2D eigenvalue weighted by Crippen LogP contribution is 2.35. The fraction of sp³-hybridized carbons (Fsp3) is 0.114. The zero-order valence-corrected chi connectivity index (χ0v) is 21.9. The Morgan fingerprint density at radius 3 is 1.73 bits per heavy atom. The van der Waals surface area contributed by atoms with E-state index < -0.39 is 0 Å². The standard InChI is InChI=1S/C35H32N2/c1-24-14-11-15-25(2)32(24)36-34(28-18-7-5-8-19-28)30-22-13-23-31(30)35(29-20-9-6-10-21-29)37-33-26(3)16-12-17-27(33)4/h5-23,36H,1-4H3/b34-30-,37-35?. The minimum absolute atomic E-state index is 0.967. The average molecular weight is 481 g/mol. The van der Waals surface area contributed by atoms with E-state index in [1.165, 1.54) is 22.3 Å². The molecular weight excluding hydrogens is 448 g/mol. The molecule has 2 nitrogen and oxygen atoms in total. The number of benzene rings is 4. The molecule has 4 aromatic carbocycles. The van der Waals surface area contributed by atoms with E-state index in [-0.39, 0.29) is 0 Å². The molecule has 5 rings (SSSR count). The van der Waals surface area contributed by atoms with Crippen LogP contribution in [-0.2, 0) is 0 Å². The van der Waals surface area contributed by atoms with Crippen LogP contribution in [0.4, 0.5) is 11.4 Å². The van der Waals surface area contributed by atoms with Crippen molar-refractivity contribution in [2.45, 2.75) is 27.7 Å². The number of hydrogen-bond donors (Lipinski definition) is 1. The monoisotopic (exact) mass is 480 g/mol. The topological polar surface area (TPSA) is 24.4 Å². The molecule has 0 saturated carbocycles. The normalized spacial score (nSPS) is 14.5. The van der Waals surface area contributed by atoms with E-state index in [2.05, 4.69) is 148 Å². The summed E-state index contributed by atoms with van der Waals surface area (Å²) < 4.78 is 0. The number of aryl methyl sites for hydroxylation is 4. The van der Waals surface area contributed by atoms with E-state index in [1.807, 2.05) is 0 Å². The Kier molecular flexibility index (Phi) is 7.00. The SMILES string of the molecule is Cc1cccc(C)c1N=C(C1=CC=C/C1=C(/Nc1c(C)cccc1C)c1ccccc1)c1ccccc1. The van der Waals surface area contributed by atoms with Crippen LogP contribution in [0, 0.1) is 27.7 Å². The number of rotatable bonds is 6. The van der Waals surface area contributed by atoms with Crippen LogP contribution in [0.5, 0.6) is 0 Å². The van der Waals surface area contributed by atoms with Crippen LogP contribution in [0.2, 0.25) is 0 Å². The minimum atomic E-state index is 0.967. The van der Waals surface area contributed by atoms with E-state index in [4.69, 9.17) is 4.99 Å². The van der Waals surface area contributed by atoms with Gasteiger partial charge in [-0.3, -0.25) is 0 Å². The molecule has 0 aromatic heterocycles. The van der Waals surface area contributed by atoms with Gasteiger partial charge in [-0.1, -0.05) is 115 Å². The van der Waals surface area contributed by atoms with Gasteiger partial charge in [-0.05, 0) is 55.5 Å². The summed E-state index contributed by atoms with van der Waals surface area (Å²) in [4.78, 5) is 5.32. The molecule has 0 amide bonds. The van der Waals surface area contributed by atoms with Crippen LogP contribution in [-0.4, -0.2) is 5.71 Å². The minimum Gasteiger partial charge on any atom is -0.354 e. The van der Waals surface area contributed by atoms with Gasteiger partial charge in [0.2, 0.25) is 0 Å². The van der Waals surface area contributed by atoms with Gasteiger partial charge in [-0.25, -0.2) is 4.99 Å². The first kappa shape index (κ1) is 24.3. The van der Waals surface area contributed by atoms with Gasteiger partial charge in [0.15, 0.2) is 0 Å². The number of para-hydroxylation sites is 2. The molecule has 2 heteroatoms. The van der Waals surface area contributed by atoms with Crippen LogP contribution in [0.15, 0.2) is 131 Å². The molecule has 0 unspecified atom stereocenters. The molecule has 1 aliphatic carbocycles. The highest BCUT2D eigenvalue weighted by Gasteiger charge is 2.22. The molecule has 4 aromatic rings. The summed E-state index contributed by atoms with van der Waals surface area (Å²) in [6.07, 6.45) is 6.51. The number of anilines is 1. The molecule has 37 heavy (non-hydrogen) atoms. The molecule has 1 N–H and O–H groups in total. The van der Waals surface area contributed by atoms with Gasteiger partial charge in [0.25, 0.3) is 0 Å². The van der Waals surface area contributed by atoms with Crippen molar-refractivity contribution in [2.24, 2.45) is 4.99 Å². The van der Waals surface area contributed by atoms with Crippen molar-refractivity contribution in [1.29, 1.82) is 0 Å². The smallest absolute Gasteiger partial charge is 0.0788 e. The molecule has 0 atom stereocenters. The summed E-state index contributed by atoms with van der Waals surface area (Å²) in [6.45, 7) is 8.57. The third-order valence-corrected chi connectivity index (χ3v) is 6.84. The maximum Gasteiger partial charge on any atom is 0.0788 e. The van der Waals surface area contributed by atoms with E-state index in [1.54, 1.807) is 0 Å². The first-order valence-corrected chi connectivity index (χ1v) is 12.8. The average Bonchev–Trinajstić information content (AvgIpc) is 3.39.